The van der Waals surface area contributed by atoms with Crippen LogP contribution in [-0.2, 0) is 57.8 Å². The number of aliphatic hydroxyl groups excluding tert-OH is 1. The number of aliphatic hydroxyl groups is 2. The van der Waals surface area contributed by atoms with E-state index in [0.717, 1.165) is 56.7 Å². The summed E-state index contributed by atoms with van der Waals surface area (Å²) in [6.45, 7) is 4.35. The van der Waals surface area contributed by atoms with Gasteiger partial charge in [-0.2, -0.15) is 4.73 Å². The normalized spacial score (nSPS) is 23.8. The molecule has 100 heavy (non-hydrogen) atoms. The van der Waals surface area contributed by atoms with E-state index < -0.39 is 122 Å². The first-order valence-electron chi connectivity index (χ1n) is 30.8. The lowest BCUT2D eigenvalue weighted by Gasteiger charge is -2.48. The largest absolute Gasteiger partial charge is 0.506 e. The number of carbonyl (C=O) groups excluding carboxylic acids is 7. The van der Waals surface area contributed by atoms with Crippen molar-refractivity contribution in [3.8, 4) is 38.4 Å². The van der Waals surface area contributed by atoms with Gasteiger partial charge in [-0.3, -0.25) is 29.0 Å². The molecule has 1 fully saturated rings. The number of nitrogens with zero attached hydrogens (tertiary/aromatic N) is 9. The molecule has 13 rings (SSSR count). The maximum Gasteiger partial charge on any atom is 0.358 e. The van der Waals surface area contributed by atoms with Crippen LogP contribution < -0.4 is 26.6 Å². The highest BCUT2D eigenvalue weighted by Crippen LogP contribution is 2.43. The number of cyclic esters (lactones) is 2. The van der Waals surface area contributed by atoms with Crippen LogP contribution in [0.4, 0.5) is 0 Å². The highest BCUT2D eigenvalue weighted by Gasteiger charge is 2.50. The zero-order valence-corrected chi connectivity index (χ0v) is 58.0. The smallest absolute Gasteiger partial charge is 0.358 e. The van der Waals surface area contributed by atoms with Crippen molar-refractivity contribution in [2.75, 3.05) is 27.8 Å². The van der Waals surface area contributed by atoms with Gasteiger partial charge < -0.3 is 80.4 Å². The summed E-state index contributed by atoms with van der Waals surface area (Å²) in [4.78, 5) is 137. The molecule has 0 radical (unpaired) electrons. The zero-order chi connectivity index (χ0) is 70.6. The summed E-state index contributed by atoms with van der Waals surface area (Å²) in [5.41, 5.74) is -1.28. The number of aromatic hydroxyl groups is 1. The number of nitrogens with one attached hydrogen (secondary N) is 5. The van der Waals surface area contributed by atoms with Gasteiger partial charge in [-0.05, 0) is 71.6 Å². The number of thiazole rings is 5. The van der Waals surface area contributed by atoms with Crippen molar-refractivity contribution >= 4 is 115 Å². The molecule has 520 valence electrons. The van der Waals surface area contributed by atoms with Crippen LogP contribution in [0, 0.1) is 0 Å². The van der Waals surface area contributed by atoms with E-state index in [1.807, 2.05) is 0 Å². The molecular weight excluding hydrogens is 1400 g/mol. The Morgan fingerprint density at radius 2 is 1.51 bits per heavy atom. The number of aromatic nitrogens is 8. The summed E-state index contributed by atoms with van der Waals surface area (Å²) >= 11 is 4.83. The number of ether oxygens (including phenoxy) is 6. The Morgan fingerprint density at radius 1 is 0.830 bits per heavy atom. The molecule has 0 spiro atoms. The second kappa shape index (κ2) is 28.2. The molecule has 1 saturated heterocycles. The Kier molecular flexibility index (Phi) is 19.4. The first-order chi connectivity index (χ1) is 47.9. The van der Waals surface area contributed by atoms with E-state index in [4.69, 9.17) is 48.4 Å². The molecule has 36 heteroatoms. The molecule has 4 aliphatic rings. The number of pyridine rings is 2. The Hall–Kier alpha value is -9.60. The van der Waals surface area contributed by atoms with Gasteiger partial charge in [0.2, 0.25) is 5.91 Å². The highest BCUT2D eigenvalue weighted by molar-refractivity contribution is 7.14. The fraction of sp³-hybridized carbons (Fsp3) is 0.344. The summed E-state index contributed by atoms with van der Waals surface area (Å²) in [5.74, 6) is -6.52. The second-order valence-electron chi connectivity index (χ2n) is 24.1. The van der Waals surface area contributed by atoms with Gasteiger partial charge in [-0.15, -0.1) is 56.7 Å². The van der Waals surface area contributed by atoms with Crippen LogP contribution in [0.15, 0.2) is 81.5 Å². The Balaban J connectivity index is 0.970. The van der Waals surface area contributed by atoms with E-state index in [1.165, 1.54) is 61.6 Å². The molecule has 0 saturated carbocycles. The first-order valence-corrected chi connectivity index (χ1v) is 35.2. The average molecular weight is 1460 g/mol. The van der Waals surface area contributed by atoms with Gasteiger partial charge in [-0.25, -0.2) is 39.5 Å². The van der Waals surface area contributed by atoms with Gasteiger partial charge in [0.25, 0.3) is 23.6 Å². The number of carbonyl (C=O) groups is 7. The monoisotopic (exact) mass is 1460 g/mol. The third-order valence-electron chi connectivity index (χ3n) is 16.9. The van der Waals surface area contributed by atoms with Crippen LogP contribution >= 0.6 is 56.7 Å². The molecule has 10 atom stereocenters. The van der Waals surface area contributed by atoms with E-state index in [9.17, 15) is 34.9 Å². The lowest BCUT2D eigenvalue weighted by atomic mass is 9.85. The number of hydrogen-bond acceptors (Lipinski definition) is 30. The van der Waals surface area contributed by atoms with Gasteiger partial charge in [0.05, 0.1) is 55.3 Å². The van der Waals surface area contributed by atoms with Gasteiger partial charge >= 0.3 is 11.9 Å². The van der Waals surface area contributed by atoms with E-state index in [2.05, 4.69) is 41.5 Å². The molecule has 12 bridgehead atoms. The van der Waals surface area contributed by atoms with Gasteiger partial charge in [0, 0.05) is 67.8 Å². The standard InChI is InChI=1S/C64H62N14O17S5/c1-26(79)43-56(85)75-44(27(2)90-7)59-71-38(25-99-59)55(84)76-47-49-50(95-41-16-64(4,88)51(77(5)6)28(3)94-41)63(87)92-18-30-9-8-10-39-42(30)33(19-91-49)48(78(39)89)62(86)93-20-34(68-53(82)36-24-100-61(47)72-36)58-69-35(22-98-58)45-32(57-70-37(23-97-57)54(83)74-43)15-40(80)46(73-45)60-67-31(21-96-60)17-66-52(81)29-11-13-65-14-12-29/h8-15,21-26,28,34,41,43,47,49-51,79-80,88-89H,16-20H2,1-7H3,(H,66,81)(H,68,82)(H,74,83)(H,75,85)(H,76,84)/b44-27+. The SMILES string of the molecule is CO/C(C)=C1/NC(=O)C(C(C)O)NC(=O)c2csc(n2)-c2cc(O)c(-c3nc(CNC(=O)c4ccncc4)cs3)nc2-c2csc(n2)C2COC(=O)c3c4c5c(cccc5n3O)COC(=O)C(OC3CC(C)(O)C(N(C)C)C(C)O3)C(OC4)C(NC(=O)c3csc1n3)c1nc(cs1)C(=O)N2. The lowest BCUT2D eigenvalue weighted by molar-refractivity contribution is -0.280. The molecule has 0 aliphatic carbocycles. The number of benzene rings is 1. The van der Waals surface area contributed by atoms with E-state index in [0.29, 0.717) is 21.6 Å². The highest BCUT2D eigenvalue weighted by atomic mass is 32.1. The zero-order valence-electron chi connectivity index (χ0n) is 53.9. The van der Waals surface area contributed by atoms with Crippen LogP contribution in [0.2, 0.25) is 0 Å². The molecule has 9 aromatic rings. The predicted molar refractivity (Wildman–Crippen MR) is 360 cm³/mol. The van der Waals surface area contributed by atoms with Gasteiger partial charge in [0.15, 0.2) is 18.1 Å². The van der Waals surface area contributed by atoms with Crippen molar-refractivity contribution in [3.05, 3.63) is 142 Å². The lowest BCUT2D eigenvalue weighted by Crippen LogP contribution is -2.62. The molecule has 31 nitrogen and oxygen atoms in total. The average Bonchev–Trinajstić information content (AvgIpc) is 1.61. The maximum atomic E-state index is 15.2. The molecular formula is C64H62N14O17S5. The van der Waals surface area contributed by atoms with Crippen molar-refractivity contribution in [1.82, 2.24) is 71.1 Å². The molecule has 5 amide bonds. The number of fused-ring (bicyclic) bond motifs is 15. The van der Waals surface area contributed by atoms with Crippen molar-refractivity contribution in [2.45, 2.75) is 114 Å². The molecule has 8 aromatic heterocycles. The molecule has 9 N–H and O–H groups in total. The molecule has 4 aliphatic heterocycles. The number of amides is 5. The van der Waals surface area contributed by atoms with Crippen molar-refractivity contribution in [1.29, 1.82) is 0 Å². The van der Waals surface area contributed by atoms with Crippen molar-refractivity contribution < 1.29 is 82.5 Å². The molecule has 10 unspecified atom stereocenters. The predicted octanol–water partition coefficient (Wildman–Crippen LogP) is 5.49. The first kappa shape index (κ1) is 68.9. The topological polar surface area (TPSA) is 414 Å². The Labute approximate surface area is 587 Å². The maximum absolute atomic E-state index is 15.2. The minimum atomic E-state index is -1.90. The number of esters is 2. The van der Waals surface area contributed by atoms with E-state index in [-0.39, 0.29) is 117 Å². The van der Waals surface area contributed by atoms with E-state index >= 15 is 19.2 Å². The third-order valence-corrected chi connectivity index (χ3v) is 21.5. The Bertz CT molecular complexity index is 4730. The van der Waals surface area contributed by atoms with Gasteiger partial charge in [0.1, 0.15) is 114 Å². The summed E-state index contributed by atoms with van der Waals surface area (Å²) in [6, 6.07) is 3.98. The Morgan fingerprint density at radius 3 is 2.25 bits per heavy atom. The minimum absolute atomic E-state index is 0.00258. The quantitative estimate of drug-likeness (QED) is 0.0490. The number of hydrogen-bond donors (Lipinski definition) is 9. The number of methoxy groups -OCH3 is 1. The van der Waals surface area contributed by atoms with Crippen LogP contribution in [0.1, 0.15) is 130 Å². The minimum Gasteiger partial charge on any atom is -0.506 e. The van der Waals surface area contributed by atoms with Crippen LogP contribution in [0.25, 0.3) is 49.3 Å². The molecule has 12 heterocycles. The van der Waals surface area contributed by atoms with Crippen molar-refractivity contribution in [3.63, 3.8) is 0 Å². The van der Waals surface area contributed by atoms with Crippen LogP contribution in [0.3, 0.4) is 0 Å². The summed E-state index contributed by atoms with van der Waals surface area (Å²) in [5, 5.41) is 69.1. The number of allylic oxidation sites excluding steroid dienone is 1. The number of likely N-dealkylation sites (N-methyl/N-ethyl adjacent to an activating group) is 1. The van der Waals surface area contributed by atoms with Crippen LogP contribution in [-0.4, -0.2) is 183 Å². The van der Waals surface area contributed by atoms with E-state index in [1.54, 1.807) is 67.9 Å². The molecule has 1 aromatic carbocycles. The summed E-state index contributed by atoms with van der Waals surface area (Å²) in [7, 11) is 4.87. The number of rotatable bonds is 9. The van der Waals surface area contributed by atoms with Crippen LogP contribution in [0.5, 0.6) is 5.75 Å². The van der Waals surface area contributed by atoms with Gasteiger partial charge in [-0.1, -0.05) is 12.1 Å². The van der Waals surface area contributed by atoms with Crippen molar-refractivity contribution in [2.24, 2.45) is 0 Å². The second-order valence-corrected chi connectivity index (χ2v) is 28.4. The summed E-state index contributed by atoms with van der Waals surface area (Å²) in [6.07, 6.45) is -4.50. The fourth-order valence-electron chi connectivity index (χ4n) is 12.3. The summed E-state index contributed by atoms with van der Waals surface area (Å²) < 4.78 is 38.3. The fourth-order valence-corrected chi connectivity index (χ4v) is 16.5. The third kappa shape index (κ3) is 13.7.